The number of aromatic nitrogens is 2. The SMILES string of the molecule is CCc1ccccc1C1CCC(c2nc3ccccc3n2P)CC1. The van der Waals surface area contributed by atoms with Crippen molar-refractivity contribution >= 4 is 20.4 Å². The zero-order valence-corrected chi connectivity index (χ0v) is 15.4. The minimum absolute atomic E-state index is 0.583. The van der Waals surface area contributed by atoms with E-state index in [1.54, 1.807) is 5.56 Å². The van der Waals surface area contributed by atoms with Gasteiger partial charge in [-0.25, -0.2) is 4.98 Å². The summed E-state index contributed by atoms with van der Waals surface area (Å²) in [6.07, 6.45) is 6.16. The molecule has 2 nitrogen and oxygen atoms in total. The lowest BCUT2D eigenvalue weighted by atomic mass is 9.77. The number of hydrogen-bond acceptors (Lipinski definition) is 1. The highest BCUT2D eigenvalue weighted by Crippen LogP contribution is 2.42. The number of para-hydroxylation sites is 2. The molecule has 0 spiro atoms. The maximum Gasteiger partial charge on any atom is 0.115 e. The zero-order chi connectivity index (χ0) is 16.5. The first-order valence-corrected chi connectivity index (χ1v) is 9.59. The second-order valence-electron chi connectivity index (χ2n) is 6.93. The summed E-state index contributed by atoms with van der Waals surface area (Å²) in [5, 5.41) is 0. The summed E-state index contributed by atoms with van der Waals surface area (Å²) in [6.45, 7) is 2.27. The molecule has 1 unspecified atom stereocenters. The van der Waals surface area contributed by atoms with Crippen LogP contribution in [0.3, 0.4) is 0 Å². The van der Waals surface area contributed by atoms with Crippen LogP contribution in [0.1, 0.15) is 61.4 Å². The van der Waals surface area contributed by atoms with E-state index < -0.39 is 0 Å². The van der Waals surface area contributed by atoms with Gasteiger partial charge in [0.05, 0.1) is 11.0 Å². The quantitative estimate of drug-likeness (QED) is 0.563. The molecule has 1 aliphatic carbocycles. The van der Waals surface area contributed by atoms with Gasteiger partial charge < -0.3 is 4.34 Å². The standard InChI is InChI=1S/C21H25N2P/c1-2-15-7-3-4-8-18(15)16-11-13-17(14-12-16)21-22-19-9-5-6-10-20(19)23(21)24/h3-10,16-17H,2,11-14,24H2,1H3. The van der Waals surface area contributed by atoms with E-state index in [2.05, 4.69) is 69.2 Å². The molecule has 0 radical (unpaired) electrons. The molecule has 1 aromatic heterocycles. The number of rotatable bonds is 3. The summed E-state index contributed by atoms with van der Waals surface area (Å²) >= 11 is 0. The van der Waals surface area contributed by atoms with Crippen LogP contribution in [0.5, 0.6) is 0 Å². The first-order chi connectivity index (χ1) is 11.8. The van der Waals surface area contributed by atoms with Crippen molar-refractivity contribution in [3.8, 4) is 0 Å². The minimum Gasteiger partial charge on any atom is -0.312 e. The van der Waals surface area contributed by atoms with Crippen LogP contribution in [-0.2, 0) is 6.42 Å². The van der Waals surface area contributed by atoms with Crippen molar-refractivity contribution in [1.29, 1.82) is 0 Å². The average Bonchev–Trinajstić information content (AvgIpc) is 2.99. The normalized spacial score (nSPS) is 21.2. The van der Waals surface area contributed by atoms with Crippen LogP contribution in [0.4, 0.5) is 0 Å². The van der Waals surface area contributed by atoms with E-state index >= 15 is 0 Å². The molecular weight excluding hydrogens is 311 g/mol. The Morgan fingerprint density at radius 2 is 1.62 bits per heavy atom. The fraction of sp³-hybridized carbons (Fsp3) is 0.381. The van der Waals surface area contributed by atoms with Crippen molar-refractivity contribution in [1.82, 2.24) is 9.32 Å². The lowest BCUT2D eigenvalue weighted by Crippen LogP contribution is -2.15. The van der Waals surface area contributed by atoms with Crippen molar-refractivity contribution in [2.24, 2.45) is 0 Å². The van der Waals surface area contributed by atoms with Gasteiger partial charge in [-0.3, -0.25) is 0 Å². The molecule has 0 bridgehead atoms. The maximum absolute atomic E-state index is 4.91. The molecule has 2 aromatic carbocycles. The smallest absolute Gasteiger partial charge is 0.115 e. The van der Waals surface area contributed by atoms with E-state index in [1.807, 2.05) is 0 Å². The average molecular weight is 336 g/mol. The van der Waals surface area contributed by atoms with E-state index in [0.29, 0.717) is 5.92 Å². The van der Waals surface area contributed by atoms with E-state index in [-0.39, 0.29) is 0 Å². The van der Waals surface area contributed by atoms with Crippen LogP contribution in [0.25, 0.3) is 11.0 Å². The van der Waals surface area contributed by atoms with Crippen molar-refractivity contribution in [3.05, 3.63) is 65.5 Å². The molecule has 24 heavy (non-hydrogen) atoms. The fourth-order valence-corrected chi connectivity index (χ4v) is 4.76. The van der Waals surface area contributed by atoms with E-state index in [1.165, 1.54) is 42.6 Å². The summed E-state index contributed by atoms with van der Waals surface area (Å²) < 4.78 is 2.22. The number of fused-ring (bicyclic) bond motifs is 1. The van der Waals surface area contributed by atoms with Crippen LogP contribution in [-0.4, -0.2) is 9.32 Å². The highest BCUT2D eigenvalue weighted by atomic mass is 31.0. The Hall–Kier alpha value is -1.66. The number of hydrogen-bond donors (Lipinski definition) is 0. The summed E-state index contributed by atoms with van der Waals surface area (Å²) in [7, 11) is 2.86. The maximum atomic E-state index is 4.91. The van der Waals surface area contributed by atoms with Gasteiger partial charge in [-0.15, -0.1) is 0 Å². The summed E-state index contributed by atoms with van der Waals surface area (Å²) in [5.41, 5.74) is 5.44. The molecule has 1 saturated carbocycles. The minimum atomic E-state index is 0.583. The summed E-state index contributed by atoms with van der Waals surface area (Å²) in [6, 6.07) is 17.4. The largest absolute Gasteiger partial charge is 0.312 e. The van der Waals surface area contributed by atoms with Crippen molar-refractivity contribution in [3.63, 3.8) is 0 Å². The van der Waals surface area contributed by atoms with Crippen molar-refractivity contribution < 1.29 is 0 Å². The number of benzene rings is 2. The zero-order valence-electron chi connectivity index (χ0n) is 14.3. The molecule has 3 aromatic rings. The lowest BCUT2D eigenvalue weighted by molar-refractivity contribution is 0.384. The predicted molar refractivity (Wildman–Crippen MR) is 105 cm³/mol. The lowest BCUT2D eigenvalue weighted by Gasteiger charge is -2.29. The third-order valence-electron chi connectivity index (χ3n) is 5.59. The third kappa shape index (κ3) is 2.78. The predicted octanol–water partition coefficient (Wildman–Crippen LogP) is 5.68. The molecule has 4 rings (SSSR count). The van der Waals surface area contributed by atoms with Crippen LogP contribution < -0.4 is 0 Å². The van der Waals surface area contributed by atoms with Gasteiger partial charge in [-0.05, 0) is 70.7 Å². The molecule has 1 atom stereocenters. The highest BCUT2D eigenvalue weighted by Gasteiger charge is 2.27. The fourth-order valence-electron chi connectivity index (χ4n) is 4.27. The summed E-state index contributed by atoms with van der Waals surface area (Å²) in [5.74, 6) is 2.54. The Balaban J connectivity index is 1.54. The Bertz CT molecular complexity index is 844. The molecule has 0 amide bonds. The van der Waals surface area contributed by atoms with Gasteiger partial charge in [0.1, 0.15) is 5.82 Å². The molecule has 0 N–H and O–H groups in total. The molecule has 1 heterocycles. The molecule has 0 saturated heterocycles. The van der Waals surface area contributed by atoms with Gasteiger partial charge in [0.15, 0.2) is 0 Å². The number of aryl methyl sites for hydroxylation is 1. The molecule has 1 aliphatic rings. The second-order valence-corrected chi connectivity index (χ2v) is 7.45. The molecular formula is C21H25N2P. The first kappa shape index (κ1) is 15.8. The van der Waals surface area contributed by atoms with Gasteiger partial charge in [0, 0.05) is 5.92 Å². The topological polar surface area (TPSA) is 17.8 Å². The van der Waals surface area contributed by atoms with Crippen LogP contribution in [0, 0.1) is 0 Å². The van der Waals surface area contributed by atoms with E-state index in [9.17, 15) is 0 Å². The Labute approximate surface area is 146 Å². The molecule has 0 aliphatic heterocycles. The van der Waals surface area contributed by atoms with Crippen molar-refractivity contribution in [2.75, 3.05) is 0 Å². The highest BCUT2D eigenvalue weighted by molar-refractivity contribution is 7.15. The number of nitrogens with zero attached hydrogens (tertiary/aromatic N) is 2. The third-order valence-corrected chi connectivity index (χ3v) is 6.13. The number of imidazole rings is 1. The molecule has 3 heteroatoms. The van der Waals surface area contributed by atoms with Gasteiger partial charge in [0.25, 0.3) is 0 Å². The van der Waals surface area contributed by atoms with Crippen LogP contribution in [0.15, 0.2) is 48.5 Å². The molecule has 1 fully saturated rings. The van der Waals surface area contributed by atoms with E-state index in [0.717, 1.165) is 17.9 Å². The van der Waals surface area contributed by atoms with Gasteiger partial charge in [0.2, 0.25) is 0 Å². The Kier molecular flexibility index (Phi) is 4.41. The summed E-state index contributed by atoms with van der Waals surface area (Å²) in [4.78, 5) is 4.91. The Morgan fingerprint density at radius 3 is 2.38 bits per heavy atom. The van der Waals surface area contributed by atoms with Gasteiger partial charge in [-0.2, -0.15) is 0 Å². The van der Waals surface area contributed by atoms with Crippen molar-refractivity contribution in [2.45, 2.75) is 50.9 Å². The van der Waals surface area contributed by atoms with Gasteiger partial charge in [-0.1, -0.05) is 43.3 Å². The molecule has 124 valence electrons. The monoisotopic (exact) mass is 336 g/mol. The van der Waals surface area contributed by atoms with Crippen LogP contribution >= 0.6 is 9.39 Å². The van der Waals surface area contributed by atoms with E-state index in [4.69, 9.17) is 4.98 Å². The second kappa shape index (κ2) is 6.69. The Morgan fingerprint density at radius 1 is 0.958 bits per heavy atom. The van der Waals surface area contributed by atoms with Crippen LogP contribution in [0.2, 0.25) is 0 Å². The first-order valence-electron chi connectivity index (χ1n) is 9.08. The van der Waals surface area contributed by atoms with Gasteiger partial charge >= 0.3 is 0 Å².